The van der Waals surface area contributed by atoms with Crippen LogP contribution in [0.3, 0.4) is 0 Å². The van der Waals surface area contributed by atoms with Crippen LogP contribution in [0.5, 0.6) is 11.5 Å². The minimum Gasteiger partial charge on any atom is -0.504 e. The first-order valence-corrected chi connectivity index (χ1v) is 7.96. The fourth-order valence-electron chi connectivity index (χ4n) is 2.38. The molecule has 134 valence electrons. The number of anilines is 1. The summed E-state index contributed by atoms with van der Waals surface area (Å²) in [6.45, 7) is 0. The third kappa shape index (κ3) is 3.18. The van der Waals surface area contributed by atoms with E-state index in [2.05, 4.69) is 5.43 Å². The first-order valence-electron chi connectivity index (χ1n) is 7.20. The van der Waals surface area contributed by atoms with Gasteiger partial charge in [-0.3, -0.25) is 15.0 Å². The van der Waals surface area contributed by atoms with E-state index in [-0.39, 0.29) is 38.4 Å². The molecule has 2 N–H and O–H groups in total. The van der Waals surface area contributed by atoms with Crippen LogP contribution in [0, 0.1) is 5.82 Å². The van der Waals surface area contributed by atoms with Gasteiger partial charge in [-0.15, -0.1) is 0 Å². The highest BCUT2D eigenvalue weighted by atomic mass is 35.5. The predicted octanol–water partition coefficient (Wildman–Crippen LogP) is 3.31. The number of hydrogen-bond acceptors (Lipinski definition) is 4. The van der Waals surface area contributed by atoms with E-state index in [4.69, 9.17) is 27.9 Å². The van der Waals surface area contributed by atoms with Gasteiger partial charge in [0.15, 0.2) is 11.5 Å². The van der Waals surface area contributed by atoms with E-state index in [9.17, 15) is 19.1 Å². The number of methoxy groups -OCH3 is 1. The number of carbonyl (C=O) groups excluding carboxylic acids is 2. The lowest BCUT2D eigenvalue weighted by atomic mass is 10.1. The second-order valence-electron chi connectivity index (χ2n) is 5.28. The summed E-state index contributed by atoms with van der Waals surface area (Å²) in [5.41, 5.74) is 2.42. The molecule has 0 aliphatic carbocycles. The van der Waals surface area contributed by atoms with E-state index < -0.39 is 17.6 Å². The zero-order chi connectivity index (χ0) is 19.0. The van der Waals surface area contributed by atoms with Crippen LogP contribution in [0.25, 0.3) is 6.08 Å². The van der Waals surface area contributed by atoms with Crippen LogP contribution in [-0.4, -0.2) is 24.0 Å². The van der Waals surface area contributed by atoms with Crippen molar-refractivity contribution in [3.63, 3.8) is 0 Å². The Morgan fingerprint density at radius 3 is 2.62 bits per heavy atom. The number of nitrogens with one attached hydrogen (secondary N) is 1. The van der Waals surface area contributed by atoms with Gasteiger partial charge in [-0.05, 0) is 30.3 Å². The SMILES string of the molecule is COc1cc(Cl)cc(/C=C2\C(=O)NN(c3ccc(F)c(Cl)c3)C2=O)c1O. The number of phenols is 1. The maximum atomic E-state index is 13.3. The van der Waals surface area contributed by atoms with Gasteiger partial charge >= 0.3 is 0 Å². The standard InChI is InChI=1S/C17H11Cl2FN2O4/c1-26-14-6-9(18)4-8(15(14)23)5-11-16(24)21-22(17(11)25)10-2-3-13(20)12(19)7-10/h2-7,23H,1H3,(H,21,24)/b11-5+. The van der Waals surface area contributed by atoms with Gasteiger partial charge < -0.3 is 9.84 Å². The van der Waals surface area contributed by atoms with E-state index in [0.29, 0.717) is 0 Å². The van der Waals surface area contributed by atoms with E-state index in [1.54, 1.807) is 0 Å². The minimum atomic E-state index is -0.700. The second kappa shape index (κ2) is 6.86. The Morgan fingerprint density at radius 1 is 1.23 bits per heavy atom. The highest BCUT2D eigenvalue weighted by Gasteiger charge is 2.35. The monoisotopic (exact) mass is 396 g/mol. The number of rotatable bonds is 3. The molecule has 2 aromatic carbocycles. The van der Waals surface area contributed by atoms with Gasteiger partial charge in [-0.25, -0.2) is 9.40 Å². The van der Waals surface area contributed by atoms with Crippen LogP contribution in [0.15, 0.2) is 35.9 Å². The number of halogens is 3. The molecule has 3 rings (SSSR count). The summed E-state index contributed by atoms with van der Waals surface area (Å²) in [6, 6.07) is 6.35. The summed E-state index contributed by atoms with van der Waals surface area (Å²) in [7, 11) is 1.34. The zero-order valence-electron chi connectivity index (χ0n) is 13.2. The number of ether oxygens (including phenoxy) is 1. The van der Waals surface area contributed by atoms with Crippen LogP contribution in [-0.2, 0) is 9.59 Å². The van der Waals surface area contributed by atoms with Gasteiger partial charge in [0.1, 0.15) is 11.4 Å². The van der Waals surface area contributed by atoms with Crippen molar-refractivity contribution in [2.45, 2.75) is 0 Å². The van der Waals surface area contributed by atoms with E-state index in [0.717, 1.165) is 11.1 Å². The summed E-state index contributed by atoms with van der Waals surface area (Å²) >= 11 is 11.7. The molecule has 9 heteroatoms. The minimum absolute atomic E-state index is 0.0948. The highest BCUT2D eigenvalue weighted by molar-refractivity contribution is 6.33. The Kier molecular flexibility index (Phi) is 4.76. The number of phenolic OH excluding ortho intramolecular Hbond substituents is 1. The molecule has 0 spiro atoms. The van der Waals surface area contributed by atoms with Crippen molar-refractivity contribution in [2.24, 2.45) is 0 Å². The number of amides is 2. The lowest BCUT2D eigenvalue weighted by Gasteiger charge is -2.14. The van der Waals surface area contributed by atoms with Crippen molar-refractivity contribution in [3.8, 4) is 11.5 Å². The first kappa shape index (κ1) is 18.0. The fraction of sp³-hybridized carbons (Fsp3) is 0.0588. The summed E-state index contributed by atoms with van der Waals surface area (Å²) < 4.78 is 18.3. The number of carbonyl (C=O) groups is 2. The number of nitrogens with zero attached hydrogens (tertiary/aromatic N) is 1. The molecule has 1 aliphatic rings. The maximum absolute atomic E-state index is 13.3. The topological polar surface area (TPSA) is 78.9 Å². The lowest BCUT2D eigenvalue weighted by molar-refractivity contribution is -0.117. The molecule has 0 atom stereocenters. The largest absolute Gasteiger partial charge is 0.504 e. The third-order valence-corrected chi connectivity index (χ3v) is 4.15. The Balaban J connectivity index is 2.01. The number of hydrazine groups is 1. The van der Waals surface area contributed by atoms with Crippen molar-refractivity contribution in [1.29, 1.82) is 0 Å². The summed E-state index contributed by atoms with van der Waals surface area (Å²) in [5, 5.41) is 11.1. The average Bonchev–Trinajstić information content (AvgIpc) is 2.88. The lowest BCUT2D eigenvalue weighted by Crippen LogP contribution is -2.35. The van der Waals surface area contributed by atoms with E-state index in [1.165, 1.54) is 37.5 Å². The normalized spacial score (nSPS) is 15.5. The molecule has 1 aliphatic heterocycles. The molecule has 1 heterocycles. The van der Waals surface area contributed by atoms with Crippen molar-refractivity contribution >= 4 is 46.8 Å². The van der Waals surface area contributed by atoms with Crippen LogP contribution in [0.4, 0.5) is 10.1 Å². The Labute approximate surface area is 157 Å². The van der Waals surface area contributed by atoms with Gasteiger partial charge in [0.05, 0.1) is 17.8 Å². The number of benzene rings is 2. The van der Waals surface area contributed by atoms with Crippen LogP contribution >= 0.6 is 23.2 Å². The highest BCUT2D eigenvalue weighted by Crippen LogP contribution is 2.35. The maximum Gasteiger partial charge on any atom is 0.282 e. The molecular weight excluding hydrogens is 386 g/mol. The predicted molar refractivity (Wildman–Crippen MR) is 94.7 cm³/mol. The van der Waals surface area contributed by atoms with Crippen LogP contribution in [0.2, 0.25) is 10.0 Å². The molecule has 1 saturated heterocycles. The molecule has 0 aromatic heterocycles. The molecule has 0 saturated carbocycles. The molecule has 2 aromatic rings. The van der Waals surface area contributed by atoms with Crippen LogP contribution in [0.1, 0.15) is 5.56 Å². The molecular formula is C17H11Cl2FN2O4. The van der Waals surface area contributed by atoms with Gasteiger partial charge in [0.2, 0.25) is 0 Å². The molecule has 6 nitrogen and oxygen atoms in total. The van der Waals surface area contributed by atoms with Gasteiger partial charge in [0, 0.05) is 16.7 Å². The zero-order valence-corrected chi connectivity index (χ0v) is 14.7. The van der Waals surface area contributed by atoms with E-state index >= 15 is 0 Å². The van der Waals surface area contributed by atoms with Crippen molar-refractivity contribution in [3.05, 3.63) is 57.3 Å². The quantitative estimate of drug-likeness (QED) is 0.616. The number of hydrogen-bond donors (Lipinski definition) is 2. The molecule has 0 radical (unpaired) electrons. The van der Waals surface area contributed by atoms with Gasteiger partial charge in [0.25, 0.3) is 11.8 Å². The molecule has 1 fully saturated rings. The van der Waals surface area contributed by atoms with Crippen molar-refractivity contribution in [1.82, 2.24) is 5.43 Å². The summed E-state index contributed by atoms with van der Waals surface area (Å²) in [5.74, 6) is -2.23. The van der Waals surface area contributed by atoms with Crippen LogP contribution < -0.4 is 15.2 Å². The molecule has 0 bridgehead atoms. The fourth-order valence-corrected chi connectivity index (χ4v) is 2.77. The van der Waals surface area contributed by atoms with Crippen molar-refractivity contribution in [2.75, 3.05) is 12.1 Å². The Hall–Kier alpha value is -2.77. The Bertz CT molecular complexity index is 962. The average molecular weight is 397 g/mol. The van der Waals surface area contributed by atoms with Gasteiger partial charge in [-0.2, -0.15) is 0 Å². The summed E-state index contributed by atoms with van der Waals surface area (Å²) in [4.78, 5) is 24.7. The first-order chi connectivity index (χ1) is 12.3. The molecule has 0 unspecified atom stereocenters. The third-order valence-electron chi connectivity index (χ3n) is 3.64. The number of aromatic hydroxyl groups is 1. The summed E-state index contributed by atoms with van der Waals surface area (Å²) in [6.07, 6.45) is 1.19. The van der Waals surface area contributed by atoms with E-state index in [1.807, 2.05) is 0 Å². The van der Waals surface area contributed by atoms with Gasteiger partial charge in [-0.1, -0.05) is 23.2 Å². The molecule has 26 heavy (non-hydrogen) atoms. The Morgan fingerprint density at radius 2 is 1.96 bits per heavy atom. The second-order valence-corrected chi connectivity index (χ2v) is 6.13. The molecule has 2 amide bonds. The van der Waals surface area contributed by atoms with Crippen molar-refractivity contribution < 1.29 is 23.8 Å². The smallest absolute Gasteiger partial charge is 0.282 e.